The number of carbonyl (C=O) groups is 1. The molecular formula is C22H31FN3O9P. The molecule has 0 aliphatic rings. The first-order chi connectivity index (χ1) is 16.9. The second-order valence-electron chi connectivity index (χ2n) is 8.08. The molecule has 0 aliphatic heterocycles. The lowest BCUT2D eigenvalue weighted by molar-refractivity contribution is -0.149. The summed E-state index contributed by atoms with van der Waals surface area (Å²) >= 11 is 0. The molecule has 12 nitrogen and oxygen atoms in total. The summed E-state index contributed by atoms with van der Waals surface area (Å²) in [5.41, 5.74) is -1.50. The summed E-state index contributed by atoms with van der Waals surface area (Å²) in [5.74, 6) is -0.544. The first-order valence-electron chi connectivity index (χ1n) is 11.1. The van der Waals surface area contributed by atoms with Crippen LogP contribution in [0.5, 0.6) is 5.75 Å². The Morgan fingerprint density at radius 1 is 1.19 bits per heavy atom. The van der Waals surface area contributed by atoms with Gasteiger partial charge in [0.2, 0.25) is 0 Å². The second kappa shape index (κ2) is 13.5. The van der Waals surface area contributed by atoms with Crippen molar-refractivity contribution >= 4 is 13.7 Å². The summed E-state index contributed by atoms with van der Waals surface area (Å²) in [4.78, 5) is 37.2. The van der Waals surface area contributed by atoms with Gasteiger partial charge in [-0.2, -0.15) is 5.09 Å². The van der Waals surface area contributed by atoms with E-state index in [9.17, 15) is 28.4 Å². The van der Waals surface area contributed by atoms with E-state index >= 15 is 0 Å². The van der Waals surface area contributed by atoms with Crippen molar-refractivity contribution in [2.24, 2.45) is 0 Å². The van der Waals surface area contributed by atoms with Crippen molar-refractivity contribution in [1.82, 2.24) is 14.6 Å². The van der Waals surface area contributed by atoms with Gasteiger partial charge in [-0.25, -0.2) is 13.8 Å². The molecule has 2 rings (SSSR count). The summed E-state index contributed by atoms with van der Waals surface area (Å²) in [6, 6.07) is 7.92. The fourth-order valence-electron chi connectivity index (χ4n) is 2.93. The Hall–Kier alpha value is -2.83. The number of hydrogen-bond donors (Lipinski definition) is 3. The molecule has 1 aromatic heterocycles. The molecular weight excluding hydrogens is 500 g/mol. The molecule has 3 N–H and O–H groups in total. The molecule has 0 saturated carbocycles. The maximum Gasteiger partial charge on any atom is 0.459 e. The zero-order chi connectivity index (χ0) is 26.9. The minimum atomic E-state index is -4.27. The predicted octanol–water partition coefficient (Wildman–Crippen LogP) is 1.38. The largest absolute Gasteiger partial charge is 0.462 e. The summed E-state index contributed by atoms with van der Waals surface area (Å²) in [6.45, 7) is 3.50. The third-order valence-corrected chi connectivity index (χ3v) is 6.40. The van der Waals surface area contributed by atoms with Gasteiger partial charge in [-0.15, -0.1) is 0 Å². The number of para-hydroxylation sites is 1. The number of aliphatic hydroxyl groups excluding tert-OH is 1. The van der Waals surface area contributed by atoms with Crippen LogP contribution in [0.4, 0.5) is 4.39 Å². The minimum absolute atomic E-state index is 0.160. The van der Waals surface area contributed by atoms with Gasteiger partial charge >= 0.3 is 19.4 Å². The van der Waals surface area contributed by atoms with Crippen LogP contribution in [0.3, 0.4) is 0 Å². The van der Waals surface area contributed by atoms with Gasteiger partial charge < -0.3 is 19.1 Å². The average Bonchev–Trinajstić information content (AvgIpc) is 2.81. The molecule has 1 aromatic carbocycles. The van der Waals surface area contributed by atoms with Gasteiger partial charge in [-0.1, -0.05) is 18.2 Å². The van der Waals surface area contributed by atoms with Gasteiger partial charge in [0.05, 0.1) is 19.3 Å². The number of ether oxygens (including phenoxy) is 2. The highest BCUT2D eigenvalue weighted by molar-refractivity contribution is 7.52. The van der Waals surface area contributed by atoms with Gasteiger partial charge in [-0.05, 0) is 32.9 Å². The number of H-pyrrole nitrogens is 1. The molecule has 1 heterocycles. The van der Waals surface area contributed by atoms with Crippen molar-refractivity contribution in [2.75, 3.05) is 13.7 Å². The van der Waals surface area contributed by atoms with Crippen LogP contribution < -0.4 is 20.9 Å². The molecule has 14 heteroatoms. The molecule has 5 atom stereocenters. The summed E-state index contributed by atoms with van der Waals surface area (Å²) in [5, 5.41) is 12.9. The van der Waals surface area contributed by atoms with E-state index in [1.54, 1.807) is 32.0 Å². The molecule has 0 amide bonds. The number of carbonyl (C=O) groups excluding carboxylic acids is 1. The zero-order valence-corrected chi connectivity index (χ0v) is 21.2. The SMILES string of the molecule is COC(COP(=O)(N[C@@H](C)C(=O)OC(C)C)Oc1ccccc1)[C@H](O)C(F)Cn1ccc(=O)[nH]c1=O. The predicted molar refractivity (Wildman–Crippen MR) is 127 cm³/mol. The number of rotatable bonds is 14. The normalized spacial score (nSPS) is 16.5. The van der Waals surface area contributed by atoms with Crippen LogP contribution in [0.2, 0.25) is 0 Å². The fourth-order valence-corrected chi connectivity index (χ4v) is 4.43. The summed E-state index contributed by atoms with van der Waals surface area (Å²) in [6.07, 6.45) is -4.51. The number of aliphatic hydroxyl groups is 1. The second-order valence-corrected chi connectivity index (χ2v) is 9.77. The lowest BCUT2D eigenvalue weighted by Gasteiger charge is -2.28. The maximum atomic E-state index is 14.8. The van der Waals surface area contributed by atoms with Crippen molar-refractivity contribution in [2.45, 2.75) is 57.8 Å². The number of nitrogens with one attached hydrogen (secondary N) is 2. The molecule has 0 radical (unpaired) electrons. The number of benzene rings is 1. The van der Waals surface area contributed by atoms with E-state index in [0.717, 1.165) is 16.8 Å². The summed E-state index contributed by atoms with van der Waals surface area (Å²) in [7, 11) is -3.10. The number of aromatic nitrogens is 2. The van der Waals surface area contributed by atoms with Crippen LogP contribution in [0.25, 0.3) is 0 Å². The van der Waals surface area contributed by atoms with Crippen molar-refractivity contribution in [3.05, 3.63) is 63.4 Å². The molecule has 0 spiro atoms. The van der Waals surface area contributed by atoms with E-state index in [4.69, 9.17) is 18.5 Å². The smallest absolute Gasteiger partial charge is 0.459 e. The van der Waals surface area contributed by atoms with Gasteiger partial charge in [0, 0.05) is 19.4 Å². The quantitative estimate of drug-likeness (QED) is 0.240. The number of methoxy groups -OCH3 is 1. The van der Waals surface area contributed by atoms with Gasteiger partial charge in [0.15, 0.2) is 0 Å². The van der Waals surface area contributed by atoms with Crippen LogP contribution in [0, 0.1) is 0 Å². The standard InChI is InChI=1S/C22H31FN3O9P/c1-14(2)34-21(29)15(3)25-36(31,35-16-8-6-5-7-9-16)33-13-18(32-4)20(28)17(23)12-26-11-10-19(27)24-22(26)30/h5-11,14-15,17-18,20,28H,12-13H2,1-4H3,(H,25,31)(H,24,27,30)/t15-,17?,18?,20+,36?/m0/s1. The minimum Gasteiger partial charge on any atom is -0.462 e. The van der Waals surface area contributed by atoms with Crippen LogP contribution in [-0.2, 0) is 29.9 Å². The Labute approximate surface area is 206 Å². The molecule has 200 valence electrons. The monoisotopic (exact) mass is 531 g/mol. The number of alkyl halides is 1. The molecule has 0 saturated heterocycles. The number of nitrogens with zero attached hydrogens (tertiary/aromatic N) is 1. The molecule has 0 bridgehead atoms. The number of halogens is 1. The van der Waals surface area contributed by atoms with E-state index in [1.165, 1.54) is 26.2 Å². The Kier molecular flexibility index (Phi) is 11.0. The summed E-state index contributed by atoms with van der Waals surface area (Å²) < 4.78 is 50.3. The average molecular weight is 531 g/mol. The van der Waals surface area contributed by atoms with E-state index in [2.05, 4.69) is 5.09 Å². The van der Waals surface area contributed by atoms with Crippen molar-refractivity contribution < 1.29 is 37.4 Å². The first-order valence-corrected chi connectivity index (χ1v) is 12.6. The maximum absolute atomic E-state index is 14.8. The Morgan fingerprint density at radius 2 is 1.86 bits per heavy atom. The highest BCUT2D eigenvalue weighted by Crippen LogP contribution is 2.45. The van der Waals surface area contributed by atoms with E-state index < -0.39 is 68.6 Å². The van der Waals surface area contributed by atoms with Crippen LogP contribution in [0.1, 0.15) is 20.8 Å². The Balaban J connectivity index is 2.14. The number of hydrogen-bond acceptors (Lipinski definition) is 9. The molecule has 3 unspecified atom stereocenters. The molecule has 36 heavy (non-hydrogen) atoms. The van der Waals surface area contributed by atoms with Gasteiger partial charge in [0.1, 0.15) is 30.2 Å². The van der Waals surface area contributed by atoms with Gasteiger partial charge in [-0.3, -0.25) is 23.7 Å². The van der Waals surface area contributed by atoms with Crippen LogP contribution >= 0.6 is 7.75 Å². The topological polar surface area (TPSA) is 158 Å². The fraction of sp³-hybridized carbons (Fsp3) is 0.500. The van der Waals surface area contributed by atoms with Crippen molar-refractivity contribution in [1.29, 1.82) is 0 Å². The van der Waals surface area contributed by atoms with Crippen LogP contribution in [-0.4, -0.2) is 64.9 Å². The lowest BCUT2D eigenvalue weighted by Crippen LogP contribution is -2.43. The van der Waals surface area contributed by atoms with E-state index in [0.29, 0.717) is 0 Å². The third-order valence-electron chi connectivity index (χ3n) is 4.76. The first kappa shape index (κ1) is 29.4. The molecule has 2 aromatic rings. The van der Waals surface area contributed by atoms with Gasteiger partial charge in [0.25, 0.3) is 5.56 Å². The molecule has 0 fully saturated rings. The highest BCUT2D eigenvalue weighted by atomic mass is 31.2. The number of esters is 1. The van der Waals surface area contributed by atoms with E-state index in [1.807, 2.05) is 4.98 Å². The zero-order valence-electron chi connectivity index (χ0n) is 20.3. The molecule has 0 aliphatic carbocycles. The lowest BCUT2D eigenvalue weighted by atomic mass is 10.1. The highest BCUT2D eigenvalue weighted by Gasteiger charge is 2.36. The Bertz CT molecular complexity index is 1140. The van der Waals surface area contributed by atoms with Crippen LogP contribution in [0.15, 0.2) is 52.2 Å². The van der Waals surface area contributed by atoms with E-state index in [-0.39, 0.29) is 5.75 Å². The van der Waals surface area contributed by atoms with Crippen molar-refractivity contribution in [3.63, 3.8) is 0 Å². The van der Waals surface area contributed by atoms with Crippen molar-refractivity contribution in [3.8, 4) is 5.75 Å². The number of aromatic amines is 1. The Morgan fingerprint density at radius 3 is 2.44 bits per heavy atom. The third kappa shape index (κ3) is 8.99.